The van der Waals surface area contributed by atoms with Crippen molar-refractivity contribution in [2.24, 2.45) is 5.92 Å². The van der Waals surface area contributed by atoms with Gasteiger partial charge in [-0.3, -0.25) is 9.59 Å². The molecule has 1 heterocycles. The fraction of sp³-hybridized carbons (Fsp3) is 0.500. The summed E-state index contributed by atoms with van der Waals surface area (Å²) in [6.45, 7) is 4.00. The average Bonchev–Trinajstić information content (AvgIpc) is 2.79. The second kappa shape index (κ2) is 6.08. The van der Waals surface area contributed by atoms with Crippen LogP contribution in [0.2, 0.25) is 0 Å². The van der Waals surface area contributed by atoms with E-state index < -0.39 is 6.04 Å². The summed E-state index contributed by atoms with van der Waals surface area (Å²) in [6, 6.07) is 1.05. The number of rotatable bonds is 5. The van der Waals surface area contributed by atoms with Crippen molar-refractivity contribution in [3.63, 3.8) is 0 Å². The number of carbonyl (C=O) groups is 2. The molecule has 0 aliphatic heterocycles. The molecular weight excluding hydrogens is 220 g/mol. The maximum absolute atomic E-state index is 11.8. The first-order chi connectivity index (χ1) is 8.04. The van der Waals surface area contributed by atoms with Crippen molar-refractivity contribution in [3.8, 4) is 0 Å². The van der Waals surface area contributed by atoms with Crippen molar-refractivity contribution in [1.82, 2.24) is 10.6 Å². The number of furan rings is 1. The lowest BCUT2D eigenvalue weighted by molar-refractivity contribution is -0.122. The maximum atomic E-state index is 11.8. The van der Waals surface area contributed by atoms with Crippen LogP contribution in [-0.4, -0.2) is 24.9 Å². The van der Waals surface area contributed by atoms with E-state index in [1.54, 1.807) is 13.1 Å². The van der Waals surface area contributed by atoms with Gasteiger partial charge in [0.25, 0.3) is 5.91 Å². The molecule has 0 aliphatic rings. The zero-order chi connectivity index (χ0) is 12.8. The Labute approximate surface area is 101 Å². The minimum absolute atomic E-state index is 0.185. The topological polar surface area (TPSA) is 71.3 Å². The standard InChI is InChI=1S/C12H18N2O3/c1-8(2)6-10(12(16)13-3)14-11(15)9-4-5-17-7-9/h4-5,7-8,10H,6H2,1-3H3,(H,13,16)(H,14,15). The number of carbonyl (C=O) groups excluding carboxylic acids is 2. The molecule has 0 bridgehead atoms. The third kappa shape index (κ3) is 3.94. The SMILES string of the molecule is CNC(=O)C(CC(C)C)NC(=O)c1ccoc1. The average molecular weight is 238 g/mol. The number of hydrogen-bond acceptors (Lipinski definition) is 3. The fourth-order valence-electron chi connectivity index (χ4n) is 1.51. The third-order valence-electron chi connectivity index (χ3n) is 2.36. The molecule has 1 rings (SSSR count). The van der Waals surface area contributed by atoms with Crippen molar-refractivity contribution >= 4 is 11.8 Å². The molecule has 1 atom stereocenters. The Bertz CT molecular complexity index is 371. The monoisotopic (exact) mass is 238 g/mol. The minimum atomic E-state index is -0.512. The maximum Gasteiger partial charge on any atom is 0.255 e. The van der Waals surface area contributed by atoms with Crippen LogP contribution in [0.1, 0.15) is 30.6 Å². The van der Waals surface area contributed by atoms with Crippen molar-refractivity contribution in [2.75, 3.05) is 7.05 Å². The van der Waals surface area contributed by atoms with E-state index in [0.29, 0.717) is 17.9 Å². The van der Waals surface area contributed by atoms with Crippen LogP contribution in [0.5, 0.6) is 0 Å². The zero-order valence-corrected chi connectivity index (χ0v) is 10.3. The molecule has 0 saturated carbocycles. The molecule has 1 unspecified atom stereocenters. The van der Waals surface area contributed by atoms with Crippen molar-refractivity contribution in [2.45, 2.75) is 26.3 Å². The number of amides is 2. The lowest BCUT2D eigenvalue weighted by atomic mass is 10.0. The zero-order valence-electron chi connectivity index (χ0n) is 10.3. The molecule has 1 aromatic rings. The minimum Gasteiger partial charge on any atom is -0.472 e. The summed E-state index contributed by atoms with van der Waals surface area (Å²) in [7, 11) is 1.56. The molecule has 0 radical (unpaired) electrons. The quantitative estimate of drug-likeness (QED) is 0.809. The van der Waals surface area contributed by atoms with E-state index in [-0.39, 0.29) is 11.8 Å². The van der Waals surface area contributed by atoms with Gasteiger partial charge in [0.2, 0.25) is 5.91 Å². The second-order valence-electron chi connectivity index (χ2n) is 4.28. The van der Waals surface area contributed by atoms with Gasteiger partial charge in [0.15, 0.2) is 0 Å². The lowest BCUT2D eigenvalue weighted by Gasteiger charge is -2.18. The molecule has 0 aliphatic carbocycles. The van der Waals surface area contributed by atoms with E-state index in [1.165, 1.54) is 12.5 Å². The fourth-order valence-corrected chi connectivity index (χ4v) is 1.51. The molecule has 94 valence electrons. The van der Waals surface area contributed by atoms with E-state index in [9.17, 15) is 9.59 Å². The van der Waals surface area contributed by atoms with Crippen LogP contribution in [0.4, 0.5) is 0 Å². The van der Waals surface area contributed by atoms with Crippen molar-refractivity contribution in [3.05, 3.63) is 24.2 Å². The Morgan fingerprint density at radius 2 is 2.12 bits per heavy atom. The van der Waals surface area contributed by atoms with Crippen LogP contribution in [-0.2, 0) is 4.79 Å². The summed E-state index contributed by atoms with van der Waals surface area (Å²) in [5.74, 6) is -0.162. The molecular formula is C12H18N2O3. The molecule has 2 N–H and O–H groups in total. The molecule has 5 heteroatoms. The van der Waals surface area contributed by atoms with Gasteiger partial charge in [-0.2, -0.15) is 0 Å². The normalized spacial score (nSPS) is 12.2. The molecule has 1 aromatic heterocycles. The Morgan fingerprint density at radius 3 is 2.59 bits per heavy atom. The van der Waals surface area contributed by atoms with Crippen LogP contribution in [0.25, 0.3) is 0 Å². The van der Waals surface area contributed by atoms with Gasteiger partial charge in [-0.05, 0) is 18.4 Å². The molecule has 2 amide bonds. The van der Waals surface area contributed by atoms with Gasteiger partial charge in [-0.15, -0.1) is 0 Å². The van der Waals surface area contributed by atoms with Gasteiger partial charge >= 0.3 is 0 Å². The van der Waals surface area contributed by atoms with E-state index in [2.05, 4.69) is 10.6 Å². The first-order valence-electron chi connectivity index (χ1n) is 5.59. The Hall–Kier alpha value is -1.78. The molecule has 0 fully saturated rings. The van der Waals surface area contributed by atoms with Crippen LogP contribution in [0.3, 0.4) is 0 Å². The van der Waals surface area contributed by atoms with Gasteiger partial charge < -0.3 is 15.1 Å². The van der Waals surface area contributed by atoms with Crippen molar-refractivity contribution < 1.29 is 14.0 Å². The summed E-state index contributed by atoms with van der Waals surface area (Å²) in [6.07, 6.45) is 3.38. The Morgan fingerprint density at radius 1 is 1.41 bits per heavy atom. The first kappa shape index (κ1) is 13.3. The van der Waals surface area contributed by atoms with E-state index in [0.717, 1.165) is 0 Å². The van der Waals surface area contributed by atoms with Crippen LogP contribution >= 0.6 is 0 Å². The first-order valence-corrected chi connectivity index (χ1v) is 5.59. The molecule has 5 nitrogen and oxygen atoms in total. The van der Waals surface area contributed by atoms with Gasteiger partial charge in [-0.1, -0.05) is 13.8 Å². The number of hydrogen-bond donors (Lipinski definition) is 2. The predicted molar refractivity (Wildman–Crippen MR) is 63.5 cm³/mol. The van der Waals surface area contributed by atoms with Gasteiger partial charge in [0, 0.05) is 7.05 Å². The highest BCUT2D eigenvalue weighted by atomic mass is 16.3. The van der Waals surface area contributed by atoms with Gasteiger partial charge in [0.1, 0.15) is 12.3 Å². The van der Waals surface area contributed by atoms with E-state index in [1.807, 2.05) is 13.8 Å². The molecule has 17 heavy (non-hydrogen) atoms. The Kier molecular flexibility index (Phi) is 4.75. The smallest absolute Gasteiger partial charge is 0.255 e. The van der Waals surface area contributed by atoms with Crippen LogP contribution in [0, 0.1) is 5.92 Å². The number of nitrogens with one attached hydrogen (secondary N) is 2. The molecule has 0 spiro atoms. The van der Waals surface area contributed by atoms with Crippen molar-refractivity contribution in [1.29, 1.82) is 0 Å². The highest BCUT2D eigenvalue weighted by molar-refractivity contribution is 5.97. The summed E-state index contributed by atoms with van der Waals surface area (Å²) < 4.78 is 4.82. The van der Waals surface area contributed by atoms with Gasteiger partial charge in [-0.25, -0.2) is 0 Å². The van der Waals surface area contributed by atoms with Gasteiger partial charge in [0.05, 0.1) is 11.8 Å². The predicted octanol–water partition coefficient (Wildman–Crippen LogP) is 1.17. The summed E-state index contributed by atoms with van der Waals surface area (Å²) in [5.41, 5.74) is 0.419. The highest BCUT2D eigenvalue weighted by Gasteiger charge is 2.21. The third-order valence-corrected chi connectivity index (χ3v) is 2.36. The molecule has 0 saturated heterocycles. The molecule has 0 aromatic carbocycles. The lowest BCUT2D eigenvalue weighted by Crippen LogP contribution is -2.46. The Balaban J connectivity index is 2.66. The summed E-state index contributed by atoms with van der Waals surface area (Å²) in [4.78, 5) is 23.4. The van der Waals surface area contributed by atoms with Crippen LogP contribution in [0.15, 0.2) is 23.0 Å². The largest absolute Gasteiger partial charge is 0.472 e. The second-order valence-corrected chi connectivity index (χ2v) is 4.28. The van der Waals surface area contributed by atoms with E-state index >= 15 is 0 Å². The highest BCUT2D eigenvalue weighted by Crippen LogP contribution is 2.07. The summed E-state index contributed by atoms with van der Waals surface area (Å²) >= 11 is 0. The van der Waals surface area contributed by atoms with Crippen LogP contribution < -0.4 is 10.6 Å². The summed E-state index contributed by atoms with van der Waals surface area (Å²) in [5, 5.41) is 5.23. The van der Waals surface area contributed by atoms with E-state index in [4.69, 9.17) is 4.42 Å². The number of likely N-dealkylation sites (N-methyl/N-ethyl adjacent to an activating group) is 1.